The number of aryl methyl sites for hydroxylation is 1. The molecule has 2 aromatic rings. The fraction of sp³-hybridized carbons (Fsp3) is 0.158. The number of hydrazone groups is 1. The van der Waals surface area contributed by atoms with Gasteiger partial charge in [0.2, 0.25) is 5.82 Å². The van der Waals surface area contributed by atoms with E-state index in [1.165, 1.54) is 20.1 Å². The third kappa shape index (κ3) is 3.02. The molecule has 0 radical (unpaired) electrons. The van der Waals surface area contributed by atoms with Crippen molar-refractivity contribution in [2.24, 2.45) is 5.10 Å². The summed E-state index contributed by atoms with van der Waals surface area (Å²) in [5.41, 5.74) is -0.0741. The third-order valence-corrected chi connectivity index (χ3v) is 4.19. The summed E-state index contributed by atoms with van der Waals surface area (Å²) in [5, 5.41) is 3.85. The summed E-state index contributed by atoms with van der Waals surface area (Å²) in [6.07, 6.45) is 1.40. The van der Waals surface area contributed by atoms with Crippen molar-refractivity contribution in [1.82, 2.24) is 0 Å². The largest absolute Gasteiger partial charge is 0.496 e. The molecule has 9 heteroatoms. The normalized spacial score (nSPS) is 15.4. The first-order chi connectivity index (χ1) is 13.2. The number of amides is 1. The predicted molar refractivity (Wildman–Crippen MR) is 92.5 cm³/mol. The zero-order chi connectivity index (χ0) is 20.7. The Morgan fingerprint density at radius 2 is 1.54 bits per heavy atom. The maximum Gasteiger partial charge on any atom is 0.280 e. The monoisotopic (exact) mass is 396 g/mol. The summed E-state index contributed by atoms with van der Waals surface area (Å²) in [7, 11) is 1.50. The van der Waals surface area contributed by atoms with Crippen LogP contribution in [0.1, 0.15) is 18.1 Å². The number of nitrogens with zero attached hydrogens (tertiary/aromatic N) is 2. The Kier molecular flexibility index (Phi) is 4.93. The minimum absolute atomic E-state index is 0.0477. The van der Waals surface area contributed by atoms with Crippen molar-refractivity contribution < 1.29 is 31.5 Å². The number of carbonyl (C=O) groups is 1. The van der Waals surface area contributed by atoms with Gasteiger partial charge in [0.05, 0.1) is 18.4 Å². The molecule has 2 aromatic carbocycles. The summed E-state index contributed by atoms with van der Waals surface area (Å²) in [5.74, 6) is -11.3. The smallest absolute Gasteiger partial charge is 0.280 e. The topological polar surface area (TPSA) is 41.9 Å². The molecule has 1 heterocycles. The van der Waals surface area contributed by atoms with E-state index in [-0.39, 0.29) is 16.3 Å². The van der Waals surface area contributed by atoms with Crippen LogP contribution in [0.25, 0.3) is 6.08 Å². The molecule has 0 bridgehead atoms. The predicted octanol–water partition coefficient (Wildman–Crippen LogP) is 4.51. The minimum Gasteiger partial charge on any atom is -0.496 e. The van der Waals surface area contributed by atoms with Crippen molar-refractivity contribution in [2.45, 2.75) is 13.8 Å². The molecule has 28 heavy (non-hydrogen) atoms. The highest BCUT2D eigenvalue weighted by atomic mass is 19.2. The van der Waals surface area contributed by atoms with E-state index in [1.54, 1.807) is 25.1 Å². The second-order valence-electron chi connectivity index (χ2n) is 6.01. The van der Waals surface area contributed by atoms with Crippen molar-refractivity contribution >= 4 is 23.4 Å². The van der Waals surface area contributed by atoms with Crippen LogP contribution in [0, 0.1) is 36.0 Å². The van der Waals surface area contributed by atoms with Crippen molar-refractivity contribution in [3.63, 3.8) is 0 Å². The van der Waals surface area contributed by atoms with Crippen molar-refractivity contribution in [2.75, 3.05) is 12.1 Å². The van der Waals surface area contributed by atoms with Gasteiger partial charge >= 0.3 is 0 Å². The molecule has 1 aliphatic rings. The number of hydrogen-bond acceptors (Lipinski definition) is 3. The first-order valence-electron chi connectivity index (χ1n) is 7.95. The van der Waals surface area contributed by atoms with Gasteiger partial charge in [-0.3, -0.25) is 4.79 Å². The molecule has 0 spiro atoms. The Labute approximate surface area is 156 Å². The summed E-state index contributed by atoms with van der Waals surface area (Å²) < 4.78 is 73.4. The first-order valence-corrected chi connectivity index (χ1v) is 7.95. The molecule has 1 amide bonds. The van der Waals surface area contributed by atoms with E-state index < -0.39 is 40.7 Å². The Hall–Kier alpha value is -3.23. The summed E-state index contributed by atoms with van der Waals surface area (Å²) in [6, 6.07) is 5.00. The van der Waals surface area contributed by atoms with Crippen LogP contribution in [0.5, 0.6) is 5.75 Å². The van der Waals surface area contributed by atoms with Gasteiger partial charge in [0, 0.05) is 0 Å². The van der Waals surface area contributed by atoms with Crippen molar-refractivity contribution in [3.05, 3.63) is 64.0 Å². The highest BCUT2D eigenvalue weighted by Gasteiger charge is 2.36. The minimum atomic E-state index is -2.31. The molecule has 0 atom stereocenters. The maximum absolute atomic E-state index is 14.0. The molecule has 0 saturated carbocycles. The molecule has 1 aliphatic heterocycles. The lowest BCUT2D eigenvalue weighted by Gasteiger charge is -2.15. The van der Waals surface area contributed by atoms with Crippen LogP contribution in [0.15, 0.2) is 28.9 Å². The lowest BCUT2D eigenvalue weighted by atomic mass is 10.0. The SMILES string of the molecule is COc1ccc(/C=C2/C(=O)N(c3c(F)c(F)c(F)c(F)c3F)N=C2C)cc1C. The van der Waals surface area contributed by atoms with Crippen molar-refractivity contribution in [1.29, 1.82) is 0 Å². The van der Waals surface area contributed by atoms with Crippen LogP contribution in [-0.2, 0) is 4.79 Å². The van der Waals surface area contributed by atoms with Crippen LogP contribution >= 0.6 is 0 Å². The summed E-state index contributed by atoms with van der Waals surface area (Å²) in [4.78, 5) is 12.6. The highest BCUT2D eigenvalue weighted by Crippen LogP contribution is 2.34. The van der Waals surface area contributed by atoms with Gasteiger partial charge in [0.15, 0.2) is 23.3 Å². The number of hydrogen-bond donors (Lipinski definition) is 0. The maximum atomic E-state index is 14.0. The Morgan fingerprint density at radius 3 is 2.07 bits per heavy atom. The fourth-order valence-electron chi connectivity index (χ4n) is 2.77. The van der Waals surface area contributed by atoms with E-state index >= 15 is 0 Å². The van der Waals surface area contributed by atoms with Crippen LogP contribution < -0.4 is 9.75 Å². The number of rotatable bonds is 3. The van der Waals surface area contributed by atoms with Gasteiger partial charge in [-0.05, 0) is 43.2 Å². The van der Waals surface area contributed by atoms with E-state index in [0.717, 1.165) is 5.56 Å². The van der Waals surface area contributed by atoms with E-state index in [4.69, 9.17) is 4.74 Å². The standard InChI is InChI=1S/C19H13F5N2O2/c1-8-6-10(4-5-12(8)28-3)7-11-9(2)25-26(19(11)27)18-16(23)14(21)13(20)15(22)17(18)24/h4-7H,1-3H3/b11-7+. The average molecular weight is 396 g/mol. The molecule has 0 saturated heterocycles. The molecule has 4 nitrogen and oxygen atoms in total. The van der Waals surface area contributed by atoms with E-state index in [9.17, 15) is 26.7 Å². The number of carbonyl (C=O) groups excluding carboxylic acids is 1. The lowest BCUT2D eigenvalue weighted by molar-refractivity contribution is -0.114. The molecular formula is C19H13F5N2O2. The Balaban J connectivity index is 2.06. The van der Waals surface area contributed by atoms with E-state index in [2.05, 4.69) is 5.10 Å². The van der Waals surface area contributed by atoms with Crippen LogP contribution in [0.4, 0.5) is 27.6 Å². The lowest BCUT2D eigenvalue weighted by Crippen LogP contribution is -2.25. The van der Waals surface area contributed by atoms with E-state index in [0.29, 0.717) is 11.3 Å². The summed E-state index contributed by atoms with van der Waals surface area (Å²) >= 11 is 0. The zero-order valence-corrected chi connectivity index (χ0v) is 14.9. The average Bonchev–Trinajstić information content (AvgIpc) is 2.93. The second kappa shape index (κ2) is 7.06. The Morgan fingerprint density at radius 1 is 0.964 bits per heavy atom. The highest BCUT2D eigenvalue weighted by molar-refractivity contribution is 6.32. The zero-order valence-electron chi connectivity index (χ0n) is 14.9. The van der Waals surface area contributed by atoms with Crippen molar-refractivity contribution in [3.8, 4) is 5.75 Å². The van der Waals surface area contributed by atoms with Gasteiger partial charge in [0.25, 0.3) is 5.91 Å². The number of ether oxygens (including phenoxy) is 1. The molecule has 146 valence electrons. The molecule has 0 aliphatic carbocycles. The van der Waals surface area contributed by atoms with Gasteiger partial charge in [-0.15, -0.1) is 0 Å². The number of halogens is 5. The van der Waals surface area contributed by atoms with Crippen LogP contribution in [-0.4, -0.2) is 18.7 Å². The molecule has 0 fully saturated rings. The van der Waals surface area contributed by atoms with Crippen LogP contribution in [0.2, 0.25) is 0 Å². The fourth-order valence-corrected chi connectivity index (χ4v) is 2.77. The van der Waals surface area contributed by atoms with E-state index in [1.807, 2.05) is 0 Å². The number of methoxy groups -OCH3 is 1. The number of benzene rings is 2. The summed E-state index contributed by atoms with van der Waals surface area (Å²) in [6.45, 7) is 3.16. The van der Waals surface area contributed by atoms with Gasteiger partial charge in [-0.1, -0.05) is 6.07 Å². The van der Waals surface area contributed by atoms with Gasteiger partial charge < -0.3 is 4.74 Å². The quantitative estimate of drug-likeness (QED) is 0.332. The molecular weight excluding hydrogens is 383 g/mol. The molecule has 0 aromatic heterocycles. The first kappa shape index (κ1) is 19.5. The van der Waals surface area contributed by atoms with Gasteiger partial charge in [-0.2, -0.15) is 10.1 Å². The molecule has 0 unspecified atom stereocenters. The molecule has 3 rings (SSSR count). The van der Waals surface area contributed by atoms with Gasteiger partial charge in [0.1, 0.15) is 11.4 Å². The van der Waals surface area contributed by atoms with Crippen LogP contribution in [0.3, 0.4) is 0 Å². The number of anilines is 1. The van der Waals surface area contributed by atoms with Gasteiger partial charge in [-0.25, -0.2) is 22.0 Å². The third-order valence-electron chi connectivity index (χ3n) is 4.19. The second-order valence-corrected chi connectivity index (χ2v) is 6.01. The Bertz CT molecular complexity index is 1030. The molecule has 0 N–H and O–H groups in total.